The lowest BCUT2D eigenvalue weighted by Gasteiger charge is -2.21. The van der Waals surface area contributed by atoms with E-state index in [9.17, 15) is 43.2 Å². The van der Waals surface area contributed by atoms with Crippen LogP contribution in [-0.4, -0.2) is 96.7 Å². The summed E-state index contributed by atoms with van der Waals surface area (Å²) in [5.74, 6) is -2.18. The summed E-state index contributed by atoms with van der Waals surface area (Å²) in [5.41, 5.74) is 0. The van der Waals surface area contributed by atoms with Crippen LogP contribution < -0.4 is 0 Å². The fraction of sp³-hybridized carbons (Fsp3) is 0.818. The molecular formula is C77H140O17P2. The van der Waals surface area contributed by atoms with Crippen LogP contribution in [0.4, 0.5) is 0 Å². The van der Waals surface area contributed by atoms with Crippen LogP contribution in [-0.2, 0) is 65.4 Å². The van der Waals surface area contributed by atoms with Crippen molar-refractivity contribution in [2.45, 2.75) is 367 Å². The molecule has 0 radical (unpaired) electrons. The summed E-state index contributed by atoms with van der Waals surface area (Å²) in [6.45, 7) is 4.75. The van der Waals surface area contributed by atoms with Crippen LogP contribution in [0.15, 0.2) is 60.8 Å². The molecule has 0 amide bonds. The van der Waals surface area contributed by atoms with Gasteiger partial charge >= 0.3 is 39.5 Å². The second-order valence-corrected chi connectivity index (χ2v) is 28.8. The fourth-order valence-electron chi connectivity index (χ4n) is 10.6. The molecule has 560 valence electrons. The lowest BCUT2D eigenvalue weighted by atomic mass is 10.0. The summed E-state index contributed by atoms with van der Waals surface area (Å²) in [4.78, 5) is 72.8. The zero-order valence-electron chi connectivity index (χ0n) is 61.1. The van der Waals surface area contributed by atoms with Crippen molar-refractivity contribution in [3.63, 3.8) is 0 Å². The number of aliphatic hydroxyl groups is 1. The summed E-state index contributed by atoms with van der Waals surface area (Å²) in [6, 6.07) is 0. The van der Waals surface area contributed by atoms with Crippen LogP contribution in [0, 0.1) is 0 Å². The van der Waals surface area contributed by atoms with Gasteiger partial charge in [-0.25, -0.2) is 9.13 Å². The van der Waals surface area contributed by atoms with Gasteiger partial charge in [-0.1, -0.05) is 294 Å². The number of phosphoric acid groups is 2. The predicted octanol–water partition coefficient (Wildman–Crippen LogP) is 21.9. The SMILES string of the molecule is CC/C=C\C/C=C\C/C=C\CCCCCCCC(=O)OCC(COP(=O)(O)OCC(O)COP(=O)(O)OCC(COC(=O)CCCCCCCCCCCCCCCCC)OC(=O)CCCCCCCCCCCCC)OC(=O)CCCCCCC/C=C\C/C=C\CCCCC. The molecular weight excluding hydrogens is 1260 g/mol. The first-order valence-corrected chi connectivity index (χ1v) is 41.5. The van der Waals surface area contributed by atoms with Crippen LogP contribution in [0.3, 0.4) is 0 Å². The van der Waals surface area contributed by atoms with Crippen LogP contribution in [0.5, 0.6) is 0 Å². The lowest BCUT2D eigenvalue weighted by Crippen LogP contribution is -2.30. The third-order valence-electron chi connectivity index (χ3n) is 16.5. The summed E-state index contributed by atoms with van der Waals surface area (Å²) < 4.78 is 68.4. The Morgan fingerprint density at radius 3 is 0.854 bits per heavy atom. The number of phosphoric ester groups is 2. The van der Waals surface area contributed by atoms with E-state index in [0.717, 1.165) is 141 Å². The number of hydrogen-bond donors (Lipinski definition) is 3. The highest BCUT2D eigenvalue weighted by molar-refractivity contribution is 7.47. The van der Waals surface area contributed by atoms with E-state index >= 15 is 0 Å². The smallest absolute Gasteiger partial charge is 0.462 e. The summed E-state index contributed by atoms with van der Waals surface area (Å²) in [6.07, 6.45) is 67.8. The highest BCUT2D eigenvalue weighted by Crippen LogP contribution is 2.45. The second kappa shape index (κ2) is 70.2. The number of ether oxygens (including phenoxy) is 4. The molecule has 0 fully saturated rings. The molecule has 96 heavy (non-hydrogen) atoms. The number of hydrogen-bond acceptors (Lipinski definition) is 15. The highest BCUT2D eigenvalue weighted by atomic mass is 31.2. The zero-order chi connectivity index (χ0) is 70.4. The largest absolute Gasteiger partial charge is 0.472 e. The molecule has 0 saturated carbocycles. The molecule has 3 N–H and O–H groups in total. The molecule has 0 saturated heterocycles. The van der Waals surface area contributed by atoms with E-state index in [-0.39, 0.29) is 25.7 Å². The van der Waals surface area contributed by atoms with E-state index in [2.05, 4.69) is 88.5 Å². The number of carbonyl (C=O) groups is 4. The summed E-state index contributed by atoms with van der Waals surface area (Å²) in [5, 5.41) is 10.6. The normalized spacial score (nSPS) is 14.3. The molecule has 5 atom stereocenters. The highest BCUT2D eigenvalue weighted by Gasteiger charge is 2.30. The number of esters is 4. The minimum absolute atomic E-state index is 0.0783. The average molecular weight is 1400 g/mol. The molecule has 5 unspecified atom stereocenters. The second-order valence-electron chi connectivity index (χ2n) is 25.9. The van der Waals surface area contributed by atoms with Gasteiger partial charge < -0.3 is 33.8 Å². The Bertz CT molecular complexity index is 2060. The number of unbranched alkanes of at least 4 members (excludes halogenated alkanes) is 37. The monoisotopic (exact) mass is 1400 g/mol. The molecule has 0 aromatic heterocycles. The molecule has 0 aliphatic carbocycles. The van der Waals surface area contributed by atoms with Gasteiger partial charge in [0.1, 0.15) is 19.3 Å². The first kappa shape index (κ1) is 92.8. The van der Waals surface area contributed by atoms with E-state index in [1.165, 1.54) is 128 Å². The van der Waals surface area contributed by atoms with Gasteiger partial charge in [-0.3, -0.25) is 37.3 Å². The Balaban J connectivity index is 5.31. The topological polar surface area (TPSA) is 237 Å². The standard InChI is InChI=1S/C77H140O17P2/c1-5-9-13-17-21-25-29-32-35-38-42-45-49-53-57-61-74(79)87-67-72(93-76(81)63-59-55-51-47-41-28-24-20-16-12-8-4)69-91-95(83,84)89-65-71(78)66-90-96(85,86)92-70-73(94-77(82)64-60-56-52-48-44-40-37-34-31-27-23-19-15-11-7-3)68-88-75(80)62-58-54-50-46-43-39-36-33-30-26-22-18-14-10-6-2/h10,14,22-23,26-27,33-34,36-37,71-73,78H,5-9,11-13,15-21,24-25,28-32,35,38-70H2,1-4H3,(H,83,84)(H,85,86)/b14-10-,26-22-,27-23-,36-33-,37-34-. The Labute approximate surface area is 584 Å². The molecule has 0 aliphatic rings. The Kier molecular flexibility index (Phi) is 67.8. The van der Waals surface area contributed by atoms with Crippen molar-refractivity contribution in [2.75, 3.05) is 39.6 Å². The van der Waals surface area contributed by atoms with Crippen LogP contribution in [0.25, 0.3) is 0 Å². The molecule has 0 aliphatic heterocycles. The molecule has 0 heterocycles. The summed E-state index contributed by atoms with van der Waals surface area (Å²) >= 11 is 0. The fourth-order valence-corrected chi connectivity index (χ4v) is 12.2. The molecule has 0 rings (SSSR count). The van der Waals surface area contributed by atoms with Crippen LogP contribution in [0.1, 0.15) is 349 Å². The molecule has 0 bridgehead atoms. The van der Waals surface area contributed by atoms with Gasteiger partial charge in [0.05, 0.1) is 26.4 Å². The van der Waals surface area contributed by atoms with Gasteiger partial charge in [0, 0.05) is 25.7 Å². The van der Waals surface area contributed by atoms with Gasteiger partial charge in [0.15, 0.2) is 12.2 Å². The first-order chi connectivity index (χ1) is 46.7. The zero-order valence-corrected chi connectivity index (χ0v) is 62.8. The molecule has 0 aromatic rings. The third kappa shape index (κ3) is 69.2. The number of carbonyl (C=O) groups excluding carboxylic acids is 4. The third-order valence-corrected chi connectivity index (χ3v) is 18.4. The Morgan fingerprint density at radius 2 is 0.542 bits per heavy atom. The van der Waals surface area contributed by atoms with E-state index in [4.69, 9.17) is 37.0 Å². The van der Waals surface area contributed by atoms with Gasteiger partial charge in [-0.15, -0.1) is 0 Å². The van der Waals surface area contributed by atoms with E-state index in [1.807, 2.05) is 0 Å². The van der Waals surface area contributed by atoms with Crippen molar-refractivity contribution >= 4 is 39.5 Å². The van der Waals surface area contributed by atoms with Crippen LogP contribution >= 0.6 is 15.6 Å². The van der Waals surface area contributed by atoms with Crippen molar-refractivity contribution in [2.24, 2.45) is 0 Å². The minimum atomic E-state index is -4.97. The maximum absolute atomic E-state index is 13.1. The van der Waals surface area contributed by atoms with Gasteiger partial charge in [-0.2, -0.15) is 0 Å². The van der Waals surface area contributed by atoms with Crippen LogP contribution in [0.2, 0.25) is 0 Å². The maximum Gasteiger partial charge on any atom is 0.472 e. The molecule has 0 spiro atoms. The minimum Gasteiger partial charge on any atom is -0.462 e. The van der Waals surface area contributed by atoms with E-state index < -0.39 is 97.5 Å². The van der Waals surface area contributed by atoms with Gasteiger partial charge in [0.25, 0.3) is 0 Å². The molecule has 17 nitrogen and oxygen atoms in total. The Morgan fingerprint density at radius 1 is 0.302 bits per heavy atom. The van der Waals surface area contributed by atoms with E-state index in [0.29, 0.717) is 25.7 Å². The maximum atomic E-state index is 13.1. The van der Waals surface area contributed by atoms with Crippen molar-refractivity contribution in [1.29, 1.82) is 0 Å². The average Bonchev–Trinajstić information content (AvgIpc) is 1.09. The number of allylic oxidation sites excluding steroid dienone is 10. The van der Waals surface area contributed by atoms with Crippen molar-refractivity contribution in [3.05, 3.63) is 60.8 Å². The quantitative estimate of drug-likeness (QED) is 0.0169. The van der Waals surface area contributed by atoms with E-state index in [1.54, 1.807) is 0 Å². The first-order valence-electron chi connectivity index (χ1n) is 38.5. The molecule has 0 aromatic carbocycles. The number of aliphatic hydroxyl groups excluding tert-OH is 1. The van der Waals surface area contributed by atoms with Gasteiger partial charge in [0.2, 0.25) is 0 Å². The van der Waals surface area contributed by atoms with Gasteiger partial charge in [-0.05, 0) is 89.9 Å². The number of rotatable bonds is 73. The predicted molar refractivity (Wildman–Crippen MR) is 390 cm³/mol. The summed E-state index contributed by atoms with van der Waals surface area (Å²) in [7, 11) is -9.94. The van der Waals surface area contributed by atoms with Crippen molar-refractivity contribution in [3.8, 4) is 0 Å². The molecule has 19 heteroatoms. The van der Waals surface area contributed by atoms with Crippen molar-refractivity contribution in [1.82, 2.24) is 0 Å². The van der Waals surface area contributed by atoms with Crippen molar-refractivity contribution < 1.29 is 80.2 Å². The Hall–Kier alpha value is -3.24. The lowest BCUT2D eigenvalue weighted by molar-refractivity contribution is -0.161.